The van der Waals surface area contributed by atoms with E-state index >= 15 is 0 Å². The molecule has 0 radical (unpaired) electrons. The smallest absolute Gasteiger partial charge is 0.261 e. The van der Waals surface area contributed by atoms with E-state index in [0.29, 0.717) is 12.1 Å². The monoisotopic (exact) mass is 308 g/mol. The minimum absolute atomic E-state index is 0.0148. The number of para-hydroxylation sites is 1. The maximum absolute atomic E-state index is 12.2. The van der Waals surface area contributed by atoms with Crippen LogP contribution in [-0.2, 0) is 13.2 Å². The van der Waals surface area contributed by atoms with Crippen molar-refractivity contribution in [3.63, 3.8) is 0 Å². The third-order valence-electron chi connectivity index (χ3n) is 3.66. The Morgan fingerprint density at radius 2 is 1.74 bits per heavy atom. The lowest BCUT2D eigenvalue weighted by atomic mass is 10.1. The molecule has 0 atom stereocenters. The molecule has 3 N–H and O–H groups in total. The molecule has 3 rings (SSSR count). The molecule has 116 valence electrons. The predicted molar refractivity (Wildman–Crippen MR) is 88.1 cm³/mol. The zero-order valence-electron chi connectivity index (χ0n) is 12.4. The van der Waals surface area contributed by atoms with Gasteiger partial charge in [0, 0.05) is 12.1 Å². The van der Waals surface area contributed by atoms with Crippen molar-refractivity contribution in [3.8, 4) is 0 Å². The number of pyridine rings is 1. The van der Waals surface area contributed by atoms with Gasteiger partial charge in [0.2, 0.25) is 0 Å². The van der Waals surface area contributed by atoms with E-state index in [1.54, 1.807) is 24.3 Å². The summed E-state index contributed by atoms with van der Waals surface area (Å²) in [6.45, 7) is 0.302. The zero-order valence-corrected chi connectivity index (χ0v) is 12.4. The van der Waals surface area contributed by atoms with Crippen LogP contribution >= 0.6 is 0 Å². The van der Waals surface area contributed by atoms with Crippen molar-refractivity contribution in [2.45, 2.75) is 13.2 Å². The molecule has 0 aliphatic rings. The minimum Gasteiger partial charge on any atom is -0.392 e. The van der Waals surface area contributed by atoms with Crippen LogP contribution in [0.5, 0.6) is 0 Å². The fourth-order valence-electron chi connectivity index (χ4n) is 2.36. The fourth-order valence-corrected chi connectivity index (χ4v) is 2.36. The van der Waals surface area contributed by atoms with Crippen LogP contribution in [-0.4, -0.2) is 16.0 Å². The quantitative estimate of drug-likeness (QED) is 0.689. The first kappa shape index (κ1) is 15.0. The predicted octanol–water partition coefficient (Wildman–Crippen LogP) is 1.95. The van der Waals surface area contributed by atoms with Crippen LogP contribution < -0.4 is 10.9 Å². The van der Waals surface area contributed by atoms with Crippen LogP contribution in [0.25, 0.3) is 10.9 Å². The average Bonchev–Trinajstić information content (AvgIpc) is 2.59. The van der Waals surface area contributed by atoms with Crippen molar-refractivity contribution in [1.29, 1.82) is 0 Å². The van der Waals surface area contributed by atoms with Crippen LogP contribution in [0.1, 0.15) is 21.5 Å². The number of hydrogen-bond donors (Lipinski definition) is 3. The summed E-state index contributed by atoms with van der Waals surface area (Å²) in [6, 6.07) is 16.2. The van der Waals surface area contributed by atoms with E-state index in [9.17, 15) is 9.59 Å². The molecular formula is C18H16N2O3. The Morgan fingerprint density at radius 1 is 1.04 bits per heavy atom. The number of aromatic amines is 1. The molecular weight excluding hydrogens is 292 g/mol. The lowest BCUT2D eigenvalue weighted by molar-refractivity contribution is 0.0949. The van der Waals surface area contributed by atoms with Gasteiger partial charge in [-0.2, -0.15) is 0 Å². The van der Waals surface area contributed by atoms with Crippen molar-refractivity contribution in [2.24, 2.45) is 0 Å². The summed E-state index contributed by atoms with van der Waals surface area (Å²) in [6.07, 6.45) is 0. The second-order valence-corrected chi connectivity index (χ2v) is 5.26. The lowest BCUT2D eigenvalue weighted by Gasteiger charge is -2.06. The van der Waals surface area contributed by atoms with Gasteiger partial charge in [0.15, 0.2) is 0 Å². The molecule has 0 spiro atoms. The van der Waals surface area contributed by atoms with Crippen molar-refractivity contribution < 1.29 is 9.90 Å². The molecule has 0 aliphatic carbocycles. The third-order valence-corrected chi connectivity index (χ3v) is 3.66. The van der Waals surface area contributed by atoms with E-state index in [0.717, 1.165) is 16.5 Å². The zero-order chi connectivity index (χ0) is 16.2. The van der Waals surface area contributed by atoms with Gasteiger partial charge in [-0.25, -0.2) is 0 Å². The first-order valence-corrected chi connectivity index (χ1v) is 7.26. The number of nitrogens with one attached hydrogen (secondary N) is 2. The Kier molecular flexibility index (Phi) is 4.21. The van der Waals surface area contributed by atoms with Gasteiger partial charge < -0.3 is 15.4 Å². The second-order valence-electron chi connectivity index (χ2n) is 5.26. The molecule has 0 unspecified atom stereocenters. The van der Waals surface area contributed by atoms with Crippen molar-refractivity contribution in [1.82, 2.24) is 10.3 Å². The number of aromatic nitrogens is 1. The third kappa shape index (κ3) is 3.30. The van der Waals surface area contributed by atoms with Gasteiger partial charge in [0.05, 0.1) is 6.61 Å². The highest BCUT2D eigenvalue weighted by Gasteiger charge is 2.11. The topological polar surface area (TPSA) is 82.2 Å². The number of hydrogen-bond acceptors (Lipinski definition) is 3. The molecule has 0 aliphatic heterocycles. The maximum atomic E-state index is 12.2. The van der Waals surface area contributed by atoms with Crippen LogP contribution in [0.15, 0.2) is 59.4 Å². The SMILES string of the molecule is O=C(NCc1ccc(CO)cc1)c1cc2ccccc2[nH]c1=O. The molecule has 5 heteroatoms. The summed E-state index contributed by atoms with van der Waals surface area (Å²) in [5.41, 5.74) is 2.10. The van der Waals surface area contributed by atoms with E-state index in [2.05, 4.69) is 10.3 Å². The molecule has 5 nitrogen and oxygen atoms in total. The Bertz CT molecular complexity index is 898. The van der Waals surface area contributed by atoms with Crippen LogP contribution in [0, 0.1) is 0 Å². The summed E-state index contributed by atoms with van der Waals surface area (Å²) in [7, 11) is 0. The average molecular weight is 308 g/mol. The number of aliphatic hydroxyl groups is 1. The second kappa shape index (κ2) is 6.46. The number of rotatable bonds is 4. The normalized spacial score (nSPS) is 10.7. The highest BCUT2D eigenvalue weighted by Crippen LogP contribution is 2.10. The number of carbonyl (C=O) groups excluding carboxylic acids is 1. The lowest BCUT2D eigenvalue weighted by Crippen LogP contribution is -2.29. The van der Waals surface area contributed by atoms with E-state index < -0.39 is 11.5 Å². The summed E-state index contributed by atoms with van der Waals surface area (Å²) < 4.78 is 0. The maximum Gasteiger partial charge on any atom is 0.261 e. The number of H-pyrrole nitrogens is 1. The van der Waals surface area contributed by atoms with Crippen LogP contribution in [0.3, 0.4) is 0 Å². The number of benzene rings is 2. The van der Waals surface area contributed by atoms with Gasteiger partial charge in [0.25, 0.3) is 11.5 Å². The summed E-state index contributed by atoms with van der Waals surface area (Å²) >= 11 is 0. The van der Waals surface area contributed by atoms with Gasteiger partial charge in [0.1, 0.15) is 5.56 Å². The van der Waals surface area contributed by atoms with E-state index in [1.807, 2.05) is 30.3 Å². The van der Waals surface area contributed by atoms with Gasteiger partial charge in [-0.05, 0) is 28.6 Å². The largest absolute Gasteiger partial charge is 0.392 e. The molecule has 1 aromatic heterocycles. The minimum atomic E-state index is -0.414. The van der Waals surface area contributed by atoms with Gasteiger partial charge in [-0.15, -0.1) is 0 Å². The van der Waals surface area contributed by atoms with Crippen molar-refractivity contribution >= 4 is 16.8 Å². The molecule has 2 aromatic carbocycles. The van der Waals surface area contributed by atoms with Gasteiger partial charge in [-0.3, -0.25) is 9.59 Å². The summed E-state index contributed by atoms with van der Waals surface area (Å²) in [4.78, 5) is 27.0. The van der Waals surface area contributed by atoms with Crippen LogP contribution in [0.2, 0.25) is 0 Å². The summed E-state index contributed by atoms with van der Waals surface area (Å²) in [5, 5.41) is 12.6. The van der Waals surface area contributed by atoms with Crippen molar-refractivity contribution in [2.75, 3.05) is 0 Å². The number of amides is 1. The molecule has 0 fully saturated rings. The standard InChI is InChI=1S/C18H16N2O3/c21-11-13-7-5-12(6-8-13)10-19-17(22)15-9-14-3-1-2-4-16(14)20-18(15)23/h1-9,21H,10-11H2,(H,19,22)(H,20,23). The summed E-state index contributed by atoms with van der Waals surface area (Å²) in [5.74, 6) is -0.414. The van der Waals surface area contributed by atoms with Gasteiger partial charge in [-0.1, -0.05) is 42.5 Å². The molecule has 23 heavy (non-hydrogen) atoms. The number of aliphatic hydroxyl groups excluding tert-OH is 1. The van der Waals surface area contributed by atoms with E-state index in [1.165, 1.54) is 0 Å². The van der Waals surface area contributed by atoms with E-state index in [-0.39, 0.29) is 12.2 Å². The van der Waals surface area contributed by atoms with Crippen molar-refractivity contribution in [3.05, 3.63) is 81.6 Å². The molecule has 0 saturated heterocycles. The molecule has 0 saturated carbocycles. The molecule has 1 amide bonds. The Morgan fingerprint density at radius 3 is 2.48 bits per heavy atom. The Hall–Kier alpha value is -2.92. The highest BCUT2D eigenvalue weighted by molar-refractivity contribution is 5.97. The van der Waals surface area contributed by atoms with Gasteiger partial charge >= 0.3 is 0 Å². The van der Waals surface area contributed by atoms with E-state index in [4.69, 9.17) is 5.11 Å². The first-order valence-electron chi connectivity index (χ1n) is 7.26. The number of fused-ring (bicyclic) bond motifs is 1. The Labute approximate surface area is 132 Å². The molecule has 1 heterocycles. The molecule has 3 aromatic rings. The van der Waals surface area contributed by atoms with Crippen LogP contribution in [0.4, 0.5) is 0 Å². The first-order chi connectivity index (χ1) is 11.2. The number of carbonyl (C=O) groups is 1. The highest BCUT2D eigenvalue weighted by atomic mass is 16.3. The molecule has 0 bridgehead atoms. The Balaban J connectivity index is 1.77. The fraction of sp³-hybridized carbons (Fsp3) is 0.111.